The van der Waals surface area contributed by atoms with Gasteiger partial charge < -0.3 is 5.11 Å². The molecule has 0 saturated heterocycles. The number of benzene rings is 1. The average molecular weight is 265 g/mol. The van der Waals surface area contributed by atoms with E-state index in [4.69, 9.17) is 0 Å². The Morgan fingerprint density at radius 3 is 2.56 bits per heavy atom. The first-order valence-electron chi connectivity index (χ1n) is 6.35. The molecular weight excluding hydrogens is 246 g/mol. The molecule has 0 aliphatic heterocycles. The van der Waals surface area contributed by atoms with E-state index in [1.165, 1.54) is 12.8 Å². The highest BCUT2D eigenvalue weighted by molar-refractivity contribution is 7.99. The van der Waals surface area contributed by atoms with Crippen molar-refractivity contribution in [3.8, 4) is 0 Å². The first-order valence-corrected chi connectivity index (χ1v) is 7.17. The Bertz CT molecular complexity index is 400. The molecule has 0 radical (unpaired) electrons. The summed E-state index contributed by atoms with van der Waals surface area (Å²) in [5.74, 6) is 0.123. The number of aliphatic hydroxyl groups is 1. The Morgan fingerprint density at radius 1 is 1.33 bits per heavy atom. The zero-order valence-corrected chi connectivity index (χ0v) is 11.4. The summed E-state index contributed by atoms with van der Waals surface area (Å²) in [7, 11) is 0. The third-order valence-electron chi connectivity index (χ3n) is 3.50. The Balaban J connectivity index is 1.89. The minimum absolute atomic E-state index is 0.154. The second-order valence-electron chi connectivity index (χ2n) is 4.94. The van der Waals surface area contributed by atoms with Crippen molar-refractivity contribution in [1.29, 1.82) is 0 Å². The summed E-state index contributed by atoms with van der Waals surface area (Å²) < 4.78 is 2.74. The number of hydrogen-bond donors (Lipinski definition) is 2. The molecule has 3 nitrogen and oxygen atoms in total. The average Bonchev–Trinajstić information content (AvgIpc) is 2.92. The van der Waals surface area contributed by atoms with Crippen molar-refractivity contribution in [2.24, 2.45) is 5.92 Å². The van der Waals surface area contributed by atoms with Crippen molar-refractivity contribution in [3.05, 3.63) is 35.9 Å². The van der Waals surface area contributed by atoms with Gasteiger partial charge in [-0.2, -0.15) is 0 Å². The van der Waals surface area contributed by atoms with Crippen molar-refractivity contribution in [1.82, 2.24) is 4.72 Å². The fourth-order valence-corrected chi connectivity index (χ4v) is 3.16. The topological polar surface area (TPSA) is 49.3 Å². The highest BCUT2D eigenvalue weighted by Crippen LogP contribution is 2.39. The minimum Gasteiger partial charge on any atom is -0.378 e. The van der Waals surface area contributed by atoms with Crippen LogP contribution in [-0.2, 0) is 0 Å². The van der Waals surface area contributed by atoms with Crippen molar-refractivity contribution < 1.29 is 9.90 Å². The van der Waals surface area contributed by atoms with Crippen LogP contribution in [0.15, 0.2) is 30.3 Å². The van der Waals surface area contributed by atoms with Gasteiger partial charge in [0, 0.05) is 5.56 Å². The quantitative estimate of drug-likeness (QED) is 0.650. The molecule has 1 fully saturated rings. The maximum absolute atomic E-state index is 11.9. The Morgan fingerprint density at radius 2 is 1.94 bits per heavy atom. The second-order valence-corrected chi connectivity index (χ2v) is 6.17. The molecule has 1 aliphatic carbocycles. The summed E-state index contributed by atoms with van der Waals surface area (Å²) in [4.78, 5) is 11.0. The van der Waals surface area contributed by atoms with Gasteiger partial charge in [0.1, 0.15) is 4.93 Å². The van der Waals surface area contributed by atoms with Crippen molar-refractivity contribution in [2.45, 2.75) is 37.5 Å². The van der Waals surface area contributed by atoms with Gasteiger partial charge in [0.25, 0.3) is 5.91 Å². The number of rotatable bonds is 4. The molecule has 0 heterocycles. The summed E-state index contributed by atoms with van der Waals surface area (Å²) in [5, 5.41) is 10.4. The molecule has 2 N–H and O–H groups in total. The van der Waals surface area contributed by atoms with E-state index in [1.54, 1.807) is 19.1 Å². The van der Waals surface area contributed by atoms with Crippen LogP contribution < -0.4 is 4.72 Å². The summed E-state index contributed by atoms with van der Waals surface area (Å²) in [6, 6.07) is 9.06. The van der Waals surface area contributed by atoms with Crippen molar-refractivity contribution in [2.75, 3.05) is 0 Å². The van der Waals surface area contributed by atoms with Gasteiger partial charge >= 0.3 is 0 Å². The largest absolute Gasteiger partial charge is 0.378 e. The van der Waals surface area contributed by atoms with Crippen LogP contribution in [0.4, 0.5) is 0 Å². The minimum atomic E-state index is -0.874. The number of amides is 1. The lowest BCUT2D eigenvalue weighted by atomic mass is 10.0. The van der Waals surface area contributed by atoms with Gasteiger partial charge in [-0.1, -0.05) is 31.0 Å². The van der Waals surface area contributed by atoms with E-state index >= 15 is 0 Å². The molecule has 4 heteroatoms. The molecule has 0 bridgehead atoms. The van der Waals surface area contributed by atoms with Gasteiger partial charge in [0.15, 0.2) is 0 Å². The zero-order valence-electron chi connectivity index (χ0n) is 10.6. The van der Waals surface area contributed by atoms with Gasteiger partial charge in [-0.05, 0) is 49.8 Å². The maximum Gasteiger partial charge on any atom is 0.261 e. The predicted molar refractivity (Wildman–Crippen MR) is 74.1 cm³/mol. The van der Waals surface area contributed by atoms with Gasteiger partial charge in [-0.25, -0.2) is 0 Å². The number of hydrogen-bond acceptors (Lipinski definition) is 3. The molecule has 1 amide bonds. The lowest BCUT2D eigenvalue weighted by Crippen LogP contribution is -2.34. The van der Waals surface area contributed by atoms with Crippen LogP contribution in [0.2, 0.25) is 0 Å². The monoisotopic (exact) mass is 265 g/mol. The molecule has 2 rings (SSSR count). The first kappa shape index (κ1) is 13.4. The van der Waals surface area contributed by atoms with E-state index in [2.05, 4.69) is 4.72 Å². The Kier molecular flexibility index (Phi) is 4.30. The molecule has 1 aromatic rings. The van der Waals surface area contributed by atoms with Crippen LogP contribution in [0.25, 0.3) is 0 Å². The zero-order chi connectivity index (χ0) is 13.0. The van der Waals surface area contributed by atoms with E-state index in [0.29, 0.717) is 5.56 Å². The highest BCUT2D eigenvalue weighted by Gasteiger charge is 2.35. The normalized spacial score (nSPS) is 19.4. The van der Waals surface area contributed by atoms with E-state index in [0.717, 1.165) is 24.8 Å². The summed E-state index contributed by atoms with van der Waals surface area (Å²) in [6.07, 6.45) is 4.43. The van der Waals surface area contributed by atoms with Crippen LogP contribution in [-0.4, -0.2) is 15.9 Å². The van der Waals surface area contributed by atoms with Gasteiger partial charge in [-0.3, -0.25) is 9.52 Å². The molecule has 18 heavy (non-hydrogen) atoms. The Labute approximate surface area is 112 Å². The van der Waals surface area contributed by atoms with E-state index in [1.807, 2.05) is 18.2 Å². The lowest BCUT2D eigenvalue weighted by molar-refractivity contribution is 0.0884. The van der Waals surface area contributed by atoms with Crippen LogP contribution in [0, 0.1) is 5.92 Å². The van der Waals surface area contributed by atoms with Gasteiger partial charge in [0.2, 0.25) is 0 Å². The summed E-state index contributed by atoms with van der Waals surface area (Å²) in [6.45, 7) is 1.79. The molecule has 1 unspecified atom stereocenters. The van der Waals surface area contributed by atoms with Crippen LogP contribution in [0.3, 0.4) is 0 Å². The molecule has 1 saturated carbocycles. The van der Waals surface area contributed by atoms with E-state index < -0.39 is 4.93 Å². The van der Waals surface area contributed by atoms with Crippen molar-refractivity contribution in [3.63, 3.8) is 0 Å². The van der Waals surface area contributed by atoms with Crippen LogP contribution >= 0.6 is 11.9 Å². The highest BCUT2D eigenvalue weighted by atomic mass is 32.2. The molecule has 1 aromatic carbocycles. The third-order valence-corrected chi connectivity index (χ3v) is 4.53. The summed E-state index contributed by atoms with van der Waals surface area (Å²) >= 11 is 1.13. The van der Waals surface area contributed by atoms with Crippen LogP contribution in [0.5, 0.6) is 0 Å². The number of carbonyl (C=O) groups is 1. The predicted octanol–water partition coefficient (Wildman–Crippen LogP) is 2.96. The summed E-state index contributed by atoms with van der Waals surface area (Å²) in [5.41, 5.74) is 0.618. The third kappa shape index (κ3) is 3.27. The molecule has 1 aliphatic rings. The standard InChI is InChI=1S/C14H19NO2S/c1-14(17,12-9-5-6-10-12)18-15-13(16)11-7-3-2-4-8-11/h2-4,7-8,12,17H,5-6,9-10H2,1H3,(H,15,16). The SMILES string of the molecule is CC(O)(SNC(=O)c1ccccc1)C1CCCC1. The molecular formula is C14H19NO2S. The first-order chi connectivity index (χ1) is 8.59. The fourth-order valence-electron chi connectivity index (χ4n) is 2.34. The fraction of sp³-hybridized carbons (Fsp3) is 0.500. The molecule has 0 aromatic heterocycles. The molecule has 0 spiro atoms. The molecule has 98 valence electrons. The van der Waals surface area contributed by atoms with Gasteiger partial charge in [-0.15, -0.1) is 0 Å². The van der Waals surface area contributed by atoms with Gasteiger partial charge in [0.05, 0.1) is 0 Å². The lowest BCUT2D eigenvalue weighted by Gasteiger charge is -2.28. The maximum atomic E-state index is 11.9. The van der Waals surface area contributed by atoms with Crippen LogP contribution in [0.1, 0.15) is 43.0 Å². The molecule has 1 atom stereocenters. The Hall–Kier alpha value is -1.00. The van der Waals surface area contributed by atoms with E-state index in [-0.39, 0.29) is 11.8 Å². The van der Waals surface area contributed by atoms with E-state index in [9.17, 15) is 9.90 Å². The van der Waals surface area contributed by atoms with Crippen molar-refractivity contribution >= 4 is 17.9 Å². The smallest absolute Gasteiger partial charge is 0.261 e. The number of nitrogens with one attached hydrogen (secondary N) is 1. The second kappa shape index (κ2) is 5.76. The number of carbonyl (C=O) groups excluding carboxylic acids is 1.